The van der Waals surface area contributed by atoms with E-state index in [1.165, 1.54) is 5.39 Å². The van der Waals surface area contributed by atoms with Crippen molar-refractivity contribution < 1.29 is 4.42 Å². The summed E-state index contributed by atoms with van der Waals surface area (Å²) < 4.78 is 5.91. The van der Waals surface area contributed by atoms with Gasteiger partial charge in [-0.25, -0.2) is 0 Å². The lowest BCUT2D eigenvalue weighted by atomic mass is 9.91. The molecule has 0 aliphatic rings. The summed E-state index contributed by atoms with van der Waals surface area (Å²) >= 11 is 0. The monoisotopic (exact) mass is 231 g/mol. The van der Waals surface area contributed by atoms with Crippen LogP contribution < -0.4 is 5.46 Å². The Morgan fingerprint density at radius 2 is 1.78 bits per heavy atom. The van der Waals surface area contributed by atoms with Gasteiger partial charge in [0.15, 0.2) is 0 Å². The van der Waals surface area contributed by atoms with E-state index in [-0.39, 0.29) is 0 Å². The molecule has 0 unspecified atom stereocenters. The third kappa shape index (κ3) is 1.16. The first-order chi connectivity index (χ1) is 8.84. The number of hydrogen-bond donors (Lipinski definition) is 0. The molecule has 84 valence electrons. The number of pyridine rings is 1. The second-order valence-corrected chi connectivity index (χ2v) is 4.56. The lowest BCUT2D eigenvalue weighted by molar-refractivity contribution is 0.669. The maximum absolute atomic E-state index is 5.91. The number of para-hydroxylation sites is 1. The minimum Gasteiger partial charge on any atom is -0.456 e. The fraction of sp³-hybridized carbons (Fsp3) is 0. The van der Waals surface area contributed by atoms with Gasteiger partial charge in [-0.3, -0.25) is 4.98 Å². The number of nitrogens with zero attached hydrogens (tertiary/aromatic N) is 1. The van der Waals surface area contributed by atoms with Crippen molar-refractivity contribution in [1.29, 1.82) is 0 Å². The maximum atomic E-state index is 5.91. The topological polar surface area (TPSA) is 26.0 Å². The Balaban J connectivity index is 2.39. The standard InChI is InChI=1S/C15H10BNO/c16-11-8-13-14(10-5-3-7-17-15(10)11)9-4-1-2-6-12(9)18-13/h1-8H,16H2. The summed E-state index contributed by atoms with van der Waals surface area (Å²) in [5.74, 6) is 0. The highest BCUT2D eigenvalue weighted by Crippen LogP contribution is 2.32. The number of furan rings is 1. The van der Waals surface area contributed by atoms with Crippen LogP contribution in [-0.2, 0) is 0 Å². The van der Waals surface area contributed by atoms with Gasteiger partial charge < -0.3 is 4.42 Å². The average Bonchev–Trinajstić information content (AvgIpc) is 2.77. The highest BCUT2D eigenvalue weighted by atomic mass is 16.3. The van der Waals surface area contributed by atoms with Crippen molar-refractivity contribution in [3.05, 3.63) is 48.7 Å². The van der Waals surface area contributed by atoms with E-state index in [0.29, 0.717) is 0 Å². The quantitative estimate of drug-likeness (QED) is 0.434. The second-order valence-electron chi connectivity index (χ2n) is 4.56. The summed E-state index contributed by atoms with van der Waals surface area (Å²) in [6.45, 7) is 0. The lowest BCUT2D eigenvalue weighted by Gasteiger charge is -2.02. The van der Waals surface area contributed by atoms with E-state index in [4.69, 9.17) is 4.42 Å². The summed E-state index contributed by atoms with van der Waals surface area (Å²) in [5, 5.41) is 3.49. The van der Waals surface area contributed by atoms with Crippen molar-refractivity contribution in [2.45, 2.75) is 0 Å². The third-order valence-corrected chi connectivity index (χ3v) is 3.42. The van der Waals surface area contributed by atoms with Crippen LogP contribution in [0, 0.1) is 0 Å². The Labute approximate surface area is 105 Å². The normalized spacial score (nSPS) is 11.6. The zero-order valence-electron chi connectivity index (χ0n) is 9.97. The summed E-state index contributed by atoms with van der Waals surface area (Å²) in [6.07, 6.45) is 1.84. The largest absolute Gasteiger partial charge is 0.456 e. The molecule has 0 bridgehead atoms. The first-order valence-corrected chi connectivity index (χ1v) is 6.00. The molecule has 2 nitrogen and oxygen atoms in total. The van der Waals surface area contributed by atoms with E-state index in [0.717, 1.165) is 32.9 Å². The van der Waals surface area contributed by atoms with Crippen molar-refractivity contribution in [3.8, 4) is 0 Å². The highest BCUT2D eigenvalue weighted by Gasteiger charge is 2.11. The Morgan fingerprint density at radius 3 is 2.72 bits per heavy atom. The van der Waals surface area contributed by atoms with Crippen molar-refractivity contribution in [1.82, 2.24) is 4.98 Å². The van der Waals surface area contributed by atoms with Gasteiger partial charge in [-0.15, -0.1) is 0 Å². The van der Waals surface area contributed by atoms with E-state index in [9.17, 15) is 0 Å². The van der Waals surface area contributed by atoms with Crippen LogP contribution in [0.2, 0.25) is 0 Å². The molecule has 2 aromatic heterocycles. The molecule has 0 saturated carbocycles. The summed E-state index contributed by atoms with van der Waals surface area (Å²) in [4.78, 5) is 4.48. The second kappa shape index (κ2) is 3.36. The van der Waals surface area contributed by atoms with Crippen LogP contribution in [0.1, 0.15) is 0 Å². The Morgan fingerprint density at radius 1 is 0.944 bits per heavy atom. The van der Waals surface area contributed by atoms with Gasteiger partial charge in [0.2, 0.25) is 0 Å². The first-order valence-electron chi connectivity index (χ1n) is 6.00. The maximum Gasteiger partial charge on any atom is 0.142 e. The van der Waals surface area contributed by atoms with E-state index < -0.39 is 0 Å². The highest BCUT2D eigenvalue weighted by molar-refractivity contribution is 6.41. The molecule has 4 aromatic rings. The molecule has 3 heteroatoms. The predicted octanol–water partition coefficient (Wildman–Crippen LogP) is 2.39. The summed E-state index contributed by atoms with van der Waals surface area (Å²) in [5.41, 5.74) is 4.08. The fourth-order valence-electron chi connectivity index (χ4n) is 2.63. The van der Waals surface area contributed by atoms with Gasteiger partial charge in [0, 0.05) is 22.4 Å². The van der Waals surface area contributed by atoms with Crippen LogP contribution in [0.25, 0.3) is 32.8 Å². The molecule has 0 aliphatic heterocycles. The molecule has 2 aromatic carbocycles. The minimum absolute atomic E-state index is 0.934. The number of fused-ring (bicyclic) bond motifs is 5. The molecule has 0 aliphatic carbocycles. The smallest absolute Gasteiger partial charge is 0.142 e. The van der Waals surface area contributed by atoms with Crippen LogP contribution in [0.4, 0.5) is 0 Å². The molecule has 0 atom stereocenters. The van der Waals surface area contributed by atoms with Gasteiger partial charge in [0.05, 0.1) is 5.52 Å². The Hall–Kier alpha value is -2.29. The Bertz CT molecular complexity index is 895. The zero-order chi connectivity index (χ0) is 12.1. The molecule has 2 heterocycles. The molecule has 0 saturated heterocycles. The van der Waals surface area contributed by atoms with Gasteiger partial charge >= 0.3 is 0 Å². The van der Waals surface area contributed by atoms with Crippen LogP contribution in [-0.4, -0.2) is 12.8 Å². The number of benzene rings is 2. The SMILES string of the molecule is Bc1cc2oc3ccccc3c2c2cccnc12. The third-order valence-electron chi connectivity index (χ3n) is 3.42. The van der Waals surface area contributed by atoms with E-state index >= 15 is 0 Å². The van der Waals surface area contributed by atoms with Crippen LogP contribution in [0.5, 0.6) is 0 Å². The number of hydrogen-bond acceptors (Lipinski definition) is 2. The van der Waals surface area contributed by atoms with Crippen molar-refractivity contribution in [3.63, 3.8) is 0 Å². The summed E-state index contributed by atoms with van der Waals surface area (Å²) in [6, 6.07) is 14.3. The van der Waals surface area contributed by atoms with Crippen molar-refractivity contribution in [2.75, 3.05) is 0 Å². The van der Waals surface area contributed by atoms with E-state index in [2.05, 4.69) is 31.0 Å². The van der Waals surface area contributed by atoms with Gasteiger partial charge in [0.1, 0.15) is 19.0 Å². The predicted molar refractivity (Wildman–Crippen MR) is 77.2 cm³/mol. The molecule has 0 amide bonds. The summed E-state index contributed by atoms with van der Waals surface area (Å²) in [7, 11) is 2.07. The molecule has 18 heavy (non-hydrogen) atoms. The zero-order valence-corrected chi connectivity index (χ0v) is 9.97. The Kier molecular flexibility index (Phi) is 1.81. The van der Waals surface area contributed by atoms with Gasteiger partial charge in [-0.2, -0.15) is 0 Å². The van der Waals surface area contributed by atoms with Gasteiger partial charge in [-0.05, 0) is 18.2 Å². The minimum atomic E-state index is 0.934. The number of rotatable bonds is 0. The van der Waals surface area contributed by atoms with Crippen LogP contribution in [0.3, 0.4) is 0 Å². The van der Waals surface area contributed by atoms with E-state index in [1.807, 2.05) is 30.5 Å². The average molecular weight is 231 g/mol. The van der Waals surface area contributed by atoms with Crippen molar-refractivity contribution in [2.24, 2.45) is 0 Å². The van der Waals surface area contributed by atoms with Gasteiger partial charge in [0.25, 0.3) is 0 Å². The van der Waals surface area contributed by atoms with Crippen LogP contribution in [0.15, 0.2) is 53.1 Å². The molecular weight excluding hydrogens is 221 g/mol. The molecule has 0 radical (unpaired) electrons. The first kappa shape index (κ1) is 9.72. The molecule has 0 fully saturated rings. The molecular formula is C15H10BNO. The number of aromatic nitrogens is 1. The molecule has 4 rings (SSSR count). The van der Waals surface area contributed by atoms with E-state index in [1.54, 1.807) is 0 Å². The van der Waals surface area contributed by atoms with Gasteiger partial charge in [-0.1, -0.05) is 29.7 Å². The van der Waals surface area contributed by atoms with Crippen molar-refractivity contribution >= 4 is 46.2 Å². The molecule has 0 spiro atoms. The lowest BCUT2D eigenvalue weighted by Crippen LogP contribution is -2.04. The molecule has 0 N–H and O–H groups in total. The van der Waals surface area contributed by atoms with Crippen LogP contribution >= 0.6 is 0 Å². The fourth-order valence-corrected chi connectivity index (χ4v) is 2.63.